The molecule has 0 bridgehead atoms. The highest BCUT2D eigenvalue weighted by Gasteiger charge is 2.08. The summed E-state index contributed by atoms with van der Waals surface area (Å²) in [5.74, 6) is 0.665. The second-order valence-corrected chi connectivity index (χ2v) is 7.46. The molecule has 0 fully saturated rings. The van der Waals surface area contributed by atoms with E-state index in [1.807, 2.05) is 25.3 Å². The number of rotatable bonds is 6. The van der Waals surface area contributed by atoms with Gasteiger partial charge in [-0.15, -0.1) is 0 Å². The van der Waals surface area contributed by atoms with Gasteiger partial charge in [0.1, 0.15) is 5.65 Å². The molecule has 136 valence electrons. The van der Waals surface area contributed by atoms with Crippen molar-refractivity contribution in [3.05, 3.63) is 81.4 Å². The van der Waals surface area contributed by atoms with Crippen molar-refractivity contribution in [2.45, 2.75) is 46.7 Å². The maximum absolute atomic E-state index is 12.3. The van der Waals surface area contributed by atoms with E-state index in [9.17, 15) is 4.79 Å². The lowest BCUT2D eigenvalue weighted by Crippen LogP contribution is -2.22. The Bertz CT molecular complexity index is 942. The minimum Gasteiger partial charge on any atom is -0.305 e. The molecule has 0 radical (unpaired) electrons. The Labute approximate surface area is 154 Å². The van der Waals surface area contributed by atoms with Crippen LogP contribution in [0.15, 0.2) is 53.5 Å². The Kier molecular flexibility index (Phi) is 5.52. The predicted octanol–water partition coefficient (Wildman–Crippen LogP) is 4.05. The van der Waals surface area contributed by atoms with Gasteiger partial charge in [-0.3, -0.25) is 9.20 Å². The number of hydrogen-bond acceptors (Lipinski definition) is 3. The number of fused-ring (bicyclic) bond motifs is 1. The van der Waals surface area contributed by atoms with E-state index in [-0.39, 0.29) is 11.6 Å². The molecule has 0 amide bonds. The smallest absolute Gasteiger partial charge is 0.258 e. The quantitative estimate of drug-likeness (QED) is 0.730. The fourth-order valence-electron chi connectivity index (χ4n) is 3.14. The minimum atomic E-state index is -0.0406. The van der Waals surface area contributed by atoms with E-state index >= 15 is 0 Å². The molecule has 0 spiro atoms. The molecule has 0 unspecified atom stereocenters. The highest BCUT2D eigenvalue weighted by Crippen LogP contribution is 2.16. The van der Waals surface area contributed by atoms with Gasteiger partial charge in [0, 0.05) is 24.8 Å². The van der Waals surface area contributed by atoms with Crippen molar-refractivity contribution in [1.82, 2.24) is 14.7 Å². The van der Waals surface area contributed by atoms with Crippen LogP contribution in [0.5, 0.6) is 0 Å². The highest BCUT2D eigenvalue weighted by molar-refractivity contribution is 5.40. The average Bonchev–Trinajstić information content (AvgIpc) is 2.60. The van der Waals surface area contributed by atoms with Gasteiger partial charge in [0.15, 0.2) is 0 Å². The molecule has 1 N–H and O–H groups in total. The van der Waals surface area contributed by atoms with Crippen LogP contribution in [0.25, 0.3) is 5.65 Å². The number of pyridine rings is 1. The summed E-state index contributed by atoms with van der Waals surface area (Å²) in [4.78, 5) is 16.9. The lowest BCUT2D eigenvalue weighted by atomic mass is 10.00. The van der Waals surface area contributed by atoms with Crippen LogP contribution in [0.2, 0.25) is 0 Å². The first-order valence-corrected chi connectivity index (χ1v) is 9.23. The van der Waals surface area contributed by atoms with E-state index in [0.717, 1.165) is 17.7 Å². The Morgan fingerprint density at radius 2 is 1.81 bits per heavy atom. The lowest BCUT2D eigenvalue weighted by Gasteiger charge is -2.15. The summed E-state index contributed by atoms with van der Waals surface area (Å²) in [6.45, 7) is 9.13. The van der Waals surface area contributed by atoms with Crippen molar-refractivity contribution >= 4 is 5.65 Å². The molecule has 2 aromatic heterocycles. The molecular formula is C22H27N3O. The summed E-state index contributed by atoms with van der Waals surface area (Å²) >= 11 is 0. The number of hydrogen-bond donors (Lipinski definition) is 1. The third-order valence-corrected chi connectivity index (χ3v) is 4.57. The van der Waals surface area contributed by atoms with Crippen LogP contribution in [0.4, 0.5) is 0 Å². The fraction of sp³-hybridized carbons (Fsp3) is 0.364. The predicted molar refractivity (Wildman–Crippen MR) is 106 cm³/mol. The number of benzene rings is 1. The molecule has 3 aromatic rings. The monoisotopic (exact) mass is 349 g/mol. The molecule has 0 saturated heterocycles. The summed E-state index contributed by atoms with van der Waals surface area (Å²) in [6.07, 6.45) is 2.93. The van der Waals surface area contributed by atoms with Gasteiger partial charge in [0.05, 0.1) is 5.69 Å². The zero-order chi connectivity index (χ0) is 18.7. The van der Waals surface area contributed by atoms with Crippen LogP contribution < -0.4 is 10.9 Å². The Morgan fingerprint density at radius 3 is 2.50 bits per heavy atom. The number of aromatic nitrogens is 2. The van der Waals surface area contributed by atoms with Crippen molar-refractivity contribution in [1.29, 1.82) is 0 Å². The lowest BCUT2D eigenvalue weighted by molar-refractivity contribution is 0.566. The van der Waals surface area contributed by atoms with Crippen LogP contribution in [0.1, 0.15) is 49.2 Å². The summed E-state index contributed by atoms with van der Waals surface area (Å²) in [5, 5.41) is 3.47. The van der Waals surface area contributed by atoms with E-state index in [1.54, 1.807) is 10.5 Å². The largest absolute Gasteiger partial charge is 0.305 e. The van der Waals surface area contributed by atoms with E-state index in [2.05, 4.69) is 55.3 Å². The third kappa shape index (κ3) is 4.38. The second-order valence-electron chi connectivity index (χ2n) is 7.46. The third-order valence-electron chi connectivity index (χ3n) is 4.57. The van der Waals surface area contributed by atoms with Gasteiger partial charge in [-0.2, -0.15) is 0 Å². The van der Waals surface area contributed by atoms with E-state index in [1.165, 1.54) is 11.1 Å². The topological polar surface area (TPSA) is 46.4 Å². The molecule has 4 heteroatoms. The van der Waals surface area contributed by atoms with Crippen LogP contribution >= 0.6 is 0 Å². The Hall–Kier alpha value is -2.46. The van der Waals surface area contributed by atoms with Gasteiger partial charge in [-0.1, -0.05) is 44.2 Å². The molecule has 0 aliphatic carbocycles. The van der Waals surface area contributed by atoms with E-state index in [4.69, 9.17) is 0 Å². The highest BCUT2D eigenvalue weighted by atomic mass is 16.1. The minimum absolute atomic E-state index is 0.0406. The molecule has 4 nitrogen and oxygen atoms in total. The van der Waals surface area contributed by atoms with Gasteiger partial charge in [-0.25, -0.2) is 4.98 Å². The van der Waals surface area contributed by atoms with Gasteiger partial charge in [-0.05, 0) is 48.9 Å². The van der Waals surface area contributed by atoms with Crippen LogP contribution in [-0.2, 0) is 13.0 Å². The van der Waals surface area contributed by atoms with Crippen molar-refractivity contribution in [2.75, 3.05) is 0 Å². The molecule has 26 heavy (non-hydrogen) atoms. The van der Waals surface area contributed by atoms with Crippen molar-refractivity contribution in [2.24, 2.45) is 5.92 Å². The van der Waals surface area contributed by atoms with Gasteiger partial charge in [0.25, 0.3) is 5.56 Å². The molecule has 3 rings (SSSR count). The normalized spacial score (nSPS) is 12.7. The Morgan fingerprint density at radius 1 is 1.08 bits per heavy atom. The number of nitrogens with one attached hydrogen (secondary N) is 1. The van der Waals surface area contributed by atoms with Crippen molar-refractivity contribution < 1.29 is 0 Å². The van der Waals surface area contributed by atoms with E-state index < -0.39 is 0 Å². The Balaban J connectivity index is 1.69. The maximum Gasteiger partial charge on any atom is 0.258 e. The first-order chi connectivity index (χ1) is 12.4. The van der Waals surface area contributed by atoms with E-state index in [0.29, 0.717) is 18.1 Å². The molecule has 1 atom stereocenters. The zero-order valence-electron chi connectivity index (χ0n) is 16.0. The molecule has 0 saturated carbocycles. The fourth-order valence-corrected chi connectivity index (χ4v) is 3.14. The first-order valence-electron chi connectivity index (χ1n) is 9.23. The number of aryl methyl sites for hydroxylation is 1. The van der Waals surface area contributed by atoms with Gasteiger partial charge >= 0.3 is 0 Å². The molecule has 0 aliphatic heterocycles. The standard InChI is InChI=1S/C22H27N3O/c1-15(2)11-18-6-8-19(9-7-18)17(4)23-13-20-12-22(26)25-14-16(3)5-10-21(25)24-20/h5-10,12,14-15,17,23H,11,13H2,1-4H3/t17-/m0/s1. The van der Waals surface area contributed by atoms with Crippen LogP contribution in [0.3, 0.4) is 0 Å². The average molecular weight is 349 g/mol. The van der Waals surface area contributed by atoms with Crippen molar-refractivity contribution in [3.63, 3.8) is 0 Å². The molecular weight excluding hydrogens is 322 g/mol. The summed E-state index contributed by atoms with van der Waals surface area (Å²) in [6, 6.07) is 14.4. The SMILES string of the molecule is Cc1ccc2nc(CN[C@@H](C)c3ccc(CC(C)C)cc3)cc(=O)n2c1. The summed E-state index contributed by atoms with van der Waals surface area (Å²) < 4.78 is 1.59. The number of nitrogens with zero attached hydrogens (tertiary/aromatic N) is 2. The van der Waals surface area contributed by atoms with Gasteiger partial charge < -0.3 is 5.32 Å². The van der Waals surface area contributed by atoms with Crippen molar-refractivity contribution in [3.8, 4) is 0 Å². The first kappa shape index (κ1) is 18.3. The second kappa shape index (κ2) is 7.83. The van der Waals surface area contributed by atoms with Crippen LogP contribution in [0, 0.1) is 12.8 Å². The molecule has 1 aromatic carbocycles. The van der Waals surface area contributed by atoms with Crippen LogP contribution in [-0.4, -0.2) is 9.38 Å². The zero-order valence-corrected chi connectivity index (χ0v) is 16.0. The van der Waals surface area contributed by atoms with Gasteiger partial charge in [0.2, 0.25) is 0 Å². The summed E-state index contributed by atoms with van der Waals surface area (Å²) in [5.41, 5.74) is 5.07. The molecule has 0 aliphatic rings. The summed E-state index contributed by atoms with van der Waals surface area (Å²) in [7, 11) is 0. The maximum atomic E-state index is 12.3. The molecule has 2 heterocycles.